The van der Waals surface area contributed by atoms with Crippen LogP contribution in [0.3, 0.4) is 0 Å². The molecule has 1 spiro atoms. The number of imide groups is 2. The van der Waals surface area contributed by atoms with Gasteiger partial charge >= 0.3 is 12.2 Å². The van der Waals surface area contributed by atoms with E-state index in [4.69, 9.17) is 0 Å². The van der Waals surface area contributed by atoms with Crippen LogP contribution in [-0.4, -0.2) is 17.8 Å². The molecule has 1 N–H and O–H groups in total. The second-order valence-electron chi connectivity index (χ2n) is 5.00. The van der Waals surface area contributed by atoms with Crippen LogP contribution >= 0.6 is 0 Å². The van der Waals surface area contributed by atoms with Crippen molar-refractivity contribution in [2.45, 2.75) is 19.0 Å². The van der Waals surface area contributed by atoms with Crippen LogP contribution in [-0.2, 0) is 15.8 Å². The maximum Gasteiger partial charge on any atom is 0.418 e. The highest BCUT2D eigenvalue weighted by molar-refractivity contribution is 6.31. The fraction of sp³-hybridized carbons (Fsp3) is 0.308. The molecule has 0 radical (unpaired) electrons. The van der Waals surface area contributed by atoms with Crippen LogP contribution in [0.5, 0.6) is 0 Å². The highest BCUT2D eigenvalue weighted by atomic mass is 19.4. The average molecular weight is 298 g/mol. The van der Waals surface area contributed by atoms with Crippen LogP contribution in [0.1, 0.15) is 18.4 Å². The van der Waals surface area contributed by atoms with Crippen LogP contribution in [0.15, 0.2) is 24.3 Å². The Morgan fingerprint density at radius 1 is 1.10 bits per heavy atom. The van der Waals surface area contributed by atoms with Crippen molar-refractivity contribution < 1.29 is 27.6 Å². The van der Waals surface area contributed by atoms with E-state index in [9.17, 15) is 27.6 Å². The van der Waals surface area contributed by atoms with E-state index in [0.717, 1.165) is 18.2 Å². The van der Waals surface area contributed by atoms with Gasteiger partial charge in [-0.25, -0.2) is 9.69 Å². The van der Waals surface area contributed by atoms with Crippen LogP contribution in [0.25, 0.3) is 0 Å². The van der Waals surface area contributed by atoms with Crippen molar-refractivity contribution in [2.24, 2.45) is 5.41 Å². The molecule has 1 saturated carbocycles. The molecular formula is C13H9F3N2O3. The number of carbonyl (C=O) groups is 3. The van der Waals surface area contributed by atoms with E-state index in [1.54, 1.807) is 0 Å². The lowest BCUT2D eigenvalue weighted by atomic mass is 10.0. The maximum absolute atomic E-state index is 13.0. The molecule has 3 rings (SSSR count). The number of benzene rings is 1. The van der Waals surface area contributed by atoms with E-state index in [-0.39, 0.29) is 12.8 Å². The minimum absolute atomic E-state index is 0.232. The zero-order valence-corrected chi connectivity index (χ0v) is 10.5. The number of nitrogens with one attached hydrogen (secondary N) is 1. The van der Waals surface area contributed by atoms with Gasteiger partial charge in [0, 0.05) is 0 Å². The molecule has 8 heteroatoms. The first-order valence-corrected chi connectivity index (χ1v) is 6.13. The zero-order chi connectivity index (χ0) is 15.4. The average Bonchev–Trinajstić information content (AvgIpc) is 3.18. The summed E-state index contributed by atoms with van der Waals surface area (Å²) in [5, 5.41) is 1.95. The SMILES string of the molecule is O=C1NC(=O)C2(CC2)C(=O)N1c1ccccc1C(F)(F)F. The molecular weight excluding hydrogens is 289 g/mol. The van der Waals surface area contributed by atoms with E-state index in [1.807, 2.05) is 5.32 Å². The Bertz CT molecular complexity index is 665. The highest BCUT2D eigenvalue weighted by Crippen LogP contribution is 2.50. The Morgan fingerprint density at radius 2 is 1.71 bits per heavy atom. The van der Waals surface area contributed by atoms with Gasteiger partial charge in [-0.3, -0.25) is 14.9 Å². The van der Waals surface area contributed by atoms with Gasteiger partial charge in [-0.1, -0.05) is 12.1 Å². The Kier molecular flexibility index (Phi) is 2.63. The summed E-state index contributed by atoms with van der Waals surface area (Å²) in [6, 6.07) is 3.12. The monoisotopic (exact) mass is 298 g/mol. The van der Waals surface area contributed by atoms with Gasteiger partial charge in [-0.15, -0.1) is 0 Å². The smallest absolute Gasteiger partial charge is 0.276 e. The molecule has 0 aromatic heterocycles. The van der Waals surface area contributed by atoms with Gasteiger partial charge in [0.15, 0.2) is 0 Å². The summed E-state index contributed by atoms with van der Waals surface area (Å²) in [5.74, 6) is -1.63. The first kappa shape index (κ1) is 13.6. The quantitative estimate of drug-likeness (QED) is 0.807. The molecule has 1 aromatic carbocycles. The largest absolute Gasteiger partial charge is 0.418 e. The third-order valence-electron chi connectivity index (χ3n) is 3.67. The number of para-hydroxylation sites is 1. The molecule has 0 unspecified atom stereocenters. The molecule has 5 nitrogen and oxygen atoms in total. The summed E-state index contributed by atoms with van der Waals surface area (Å²) < 4.78 is 39.0. The minimum atomic E-state index is -4.71. The molecule has 110 valence electrons. The van der Waals surface area contributed by atoms with E-state index in [2.05, 4.69) is 0 Å². The number of halogens is 3. The van der Waals surface area contributed by atoms with Crippen molar-refractivity contribution in [3.8, 4) is 0 Å². The van der Waals surface area contributed by atoms with Gasteiger partial charge in [0.2, 0.25) is 5.91 Å². The van der Waals surface area contributed by atoms with Gasteiger partial charge in [-0.2, -0.15) is 13.2 Å². The summed E-state index contributed by atoms with van der Waals surface area (Å²) in [7, 11) is 0. The molecule has 2 aliphatic rings. The molecule has 1 heterocycles. The molecule has 21 heavy (non-hydrogen) atoms. The lowest BCUT2D eigenvalue weighted by Gasteiger charge is -2.31. The topological polar surface area (TPSA) is 66.5 Å². The molecule has 1 aliphatic carbocycles. The number of amides is 4. The lowest BCUT2D eigenvalue weighted by Crippen LogP contribution is -2.59. The van der Waals surface area contributed by atoms with E-state index in [0.29, 0.717) is 4.90 Å². The fourth-order valence-corrected chi connectivity index (χ4v) is 2.37. The van der Waals surface area contributed by atoms with E-state index >= 15 is 0 Å². The predicted molar refractivity (Wildman–Crippen MR) is 64.1 cm³/mol. The van der Waals surface area contributed by atoms with E-state index in [1.165, 1.54) is 6.07 Å². The number of nitrogens with zero attached hydrogens (tertiary/aromatic N) is 1. The number of carbonyl (C=O) groups excluding carboxylic acids is 3. The zero-order valence-electron chi connectivity index (χ0n) is 10.5. The molecule has 4 amide bonds. The second kappa shape index (κ2) is 4.06. The number of anilines is 1. The van der Waals surface area contributed by atoms with Crippen molar-refractivity contribution in [1.82, 2.24) is 5.32 Å². The molecule has 2 fully saturated rings. The number of barbiturate groups is 1. The van der Waals surface area contributed by atoms with Crippen molar-refractivity contribution in [1.29, 1.82) is 0 Å². The Morgan fingerprint density at radius 3 is 2.29 bits per heavy atom. The van der Waals surface area contributed by atoms with Gasteiger partial charge in [-0.05, 0) is 25.0 Å². The summed E-state index contributed by atoms with van der Waals surface area (Å²) in [5.41, 5.74) is -3.04. The normalized spacial score (nSPS) is 20.7. The molecule has 1 aliphatic heterocycles. The Hall–Kier alpha value is -2.38. The Labute approximate surface area is 116 Å². The summed E-state index contributed by atoms with van der Waals surface area (Å²) in [6.45, 7) is 0. The minimum Gasteiger partial charge on any atom is -0.276 e. The van der Waals surface area contributed by atoms with Gasteiger partial charge in [0.05, 0.1) is 11.3 Å². The standard InChI is InChI=1S/C13H9F3N2O3/c14-13(15,16)7-3-1-2-4-8(7)18-10(20)12(5-6-12)9(19)17-11(18)21/h1-4H,5-6H2,(H,17,19,21). The lowest BCUT2D eigenvalue weighted by molar-refractivity contribution is -0.137. The molecule has 0 bridgehead atoms. The third kappa shape index (κ3) is 1.90. The molecule has 1 saturated heterocycles. The first-order chi connectivity index (χ1) is 9.77. The van der Waals surface area contributed by atoms with Crippen LogP contribution in [0.2, 0.25) is 0 Å². The van der Waals surface area contributed by atoms with E-state index < -0.39 is 40.7 Å². The Balaban J connectivity index is 2.10. The van der Waals surface area contributed by atoms with Gasteiger partial charge in [0.1, 0.15) is 5.41 Å². The van der Waals surface area contributed by atoms with Crippen molar-refractivity contribution in [2.75, 3.05) is 4.90 Å². The maximum atomic E-state index is 13.0. The number of rotatable bonds is 1. The number of urea groups is 1. The van der Waals surface area contributed by atoms with Crippen molar-refractivity contribution in [3.05, 3.63) is 29.8 Å². The number of alkyl halides is 3. The summed E-state index contributed by atoms with van der Waals surface area (Å²) in [4.78, 5) is 36.2. The predicted octanol–water partition coefficient (Wildman–Crippen LogP) is 2.07. The fourth-order valence-electron chi connectivity index (χ4n) is 2.37. The van der Waals surface area contributed by atoms with Gasteiger partial charge < -0.3 is 0 Å². The van der Waals surface area contributed by atoms with Crippen LogP contribution in [0.4, 0.5) is 23.7 Å². The molecule has 0 atom stereocenters. The third-order valence-corrected chi connectivity index (χ3v) is 3.67. The second-order valence-corrected chi connectivity index (χ2v) is 5.00. The molecule has 1 aromatic rings. The van der Waals surface area contributed by atoms with Crippen LogP contribution < -0.4 is 10.2 Å². The number of hydrogen-bond donors (Lipinski definition) is 1. The van der Waals surface area contributed by atoms with Crippen molar-refractivity contribution >= 4 is 23.5 Å². The highest BCUT2D eigenvalue weighted by Gasteiger charge is 2.63. The van der Waals surface area contributed by atoms with Gasteiger partial charge in [0.25, 0.3) is 5.91 Å². The number of hydrogen-bond acceptors (Lipinski definition) is 3. The summed E-state index contributed by atoms with van der Waals surface area (Å²) >= 11 is 0. The van der Waals surface area contributed by atoms with Crippen molar-refractivity contribution in [3.63, 3.8) is 0 Å². The summed E-state index contributed by atoms with van der Waals surface area (Å²) in [6.07, 6.45) is -4.25. The first-order valence-electron chi connectivity index (χ1n) is 6.13. The van der Waals surface area contributed by atoms with Crippen LogP contribution in [0, 0.1) is 5.41 Å².